The lowest BCUT2D eigenvalue weighted by atomic mass is 9.93. The zero-order valence-electron chi connectivity index (χ0n) is 15.7. The first-order valence-electron chi connectivity index (χ1n) is 9.46. The Bertz CT molecular complexity index is 449. The lowest BCUT2D eigenvalue weighted by Gasteiger charge is -2.31. The van der Waals surface area contributed by atoms with Gasteiger partial charge < -0.3 is 20.9 Å². The van der Waals surface area contributed by atoms with Crippen molar-refractivity contribution in [1.29, 1.82) is 0 Å². The molecule has 138 valence electrons. The van der Waals surface area contributed by atoms with Gasteiger partial charge in [-0.2, -0.15) is 0 Å². The lowest BCUT2D eigenvalue weighted by molar-refractivity contribution is -0.123. The molecule has 3 N–H and O–H groups in total. The highest BCUT2D eigenvalue weighted by Gasteiger charge is 2.30. The van der Waals surface area contributed by atoms with Crippen LogP contribution in [0.5, 0.6) is 0 Å². The van der Waals surface area contributed by atoms with Gasteiger partial charge in [0.15, 0.2) is 5.96 Å². The molecule has 1 unspecified atom stereocenters. The molecule has 0 aromatic carbocycles. The van der Waals surface area contributed by atoms with Gasteiger partial charge in [0.2, 0.25) is 5.91 Å². The van der Waals surface area contributed by atoms with E-state index in [2.05, 4.69) is 35.9 Å². The normalized spacial score (nSPS) is 25.0. The molecule has 2 heterocycles. The van der Waals surface area contributed by atoms with Crippen LogP contribution in [0.3, 0.4) is 0 Å². The Hall–Kier alpha value is -1.30. The fraction of sp³-hybridized carbons (Fsp3) is 0.889. The Labute approximate surface area is 146 Å². The number of hydrogen-bond donors (Lipinski definition) is 2. The Balaban J connectivity index is 1.77. The first-order valence-corrected chi connectivity index (χ1v) is 9.46. The Kier molecular flexibility index (Phi) is 6.90. The maximum Gasteiger partial charge on any atom is 0.221 e. The number of nitrogens with zero attached hydrogens (tertiary/aromatic N) is 3. The highest BCUT2D eigenvalue weighted by atomic mass is 16.1. The van der Waals surface area contributed by atoms with Crippen molar-refractivity contribution >= 4 is 11.9 Å². The van der Waals surface area contributed by atoms with Crippen molar-refractivity contribution in [2.24, 2.45) is 22.1 Å². The molecule has 6 nitrogen and oxygen atoms in total. The molecule has 0 radical (unpaired) electrons. The third-order valence-corrected chi connectivity index (χ3v) is 5.11. The van der Waals surface area contributed by atoms with Crippen molar-refractivity contribution in [3.8, 4) is 0 Å². The summed E-state index contributed by atoms with van der Waals surface area (Å²) in [6.07, 6.45) is 4.26. The van der Waals surface area contributed by atoms with Crippen LogP contribution in [0.4, 0.5) is 0 Å². The number of carbonyl (C=O) groups is 1. The summed E-state index contributed by atoms with van der Waals surface area (Å²) in [5.41, 5.74) is 5.83. The van der Waals surface area contributed by atoms with Gasteiger partial charge in [0.05, 0.1) is 5.92 Å². The molecule has 0 aromatic heterocycles. The van der Waals surface area contributed by atoms with Crippen LogP contribution >= 0.6 is 0 Å². The van der Waals surface area contributed by atoms with Crippen LogP contribution in [-0.4, -0.2) is 67.5 Å². The van der Waals surface area contributed by atoms with Crippen LogP contribution in [0, 0.1) is 11.3 Å². The molecule has 0 spiro atoms. The number of amides is 1. The van der Waals surface area contributed by atoms with E-state index in [-0.39, 0.29) is 11.8 Å². The zero-order chi connectivity index (χ0) is 17.6. The van der Waals surface area contributed by atoms with E-state index in [1.54, 1.807) is 0 Å². The summed E-state index contributed by atoms with van der Waals surface area (Å²) < 4.78 is 0. The first kappa shape index (κ1) is 19.0. The summed E-state index contributed by atoms with van der Waals surface area (Å²) in [5.74, 6) is 0.937. The summed E-state index contributed by atoms with van der Waals surface area (Å²) in [4.78, 5) is 20.9. The number of aliphatic imine (C=N–C) groups is 1. The highest BCUT2D eigenvalue weighted by molar-refractivity contribution is 5.80. The topological polar surface area (TPSA) is 74.0 Å². The molecule has 2 aliphatic rings. The summed E-state index contributed by atoms with van der Waals surface area (Å²) in [6, 6.07) is 0. The summed E-state index contributed by atoms with van der Waals surface area (Å²) >= 11 is 0. The number of likely N-dealkylation sites (tertiary alicyclic amines) is 2. The molecule has 6 heteroatoms. The van der Waals surface area contributed by atoms with Crippen molar-refractivity contribution < 1.29 is 4.79 Å². The fourth-order valence-corrected chi connectivity index (χ4v) is 3.69. The third-order valence-electron chi connectivity index (χ3n) is 5.11. The average Bonchev–Trinajstić information content (AvgIpc) is 2.90. The molecule has 1 atom stereocenters. The van der Waals surface area contributed by atoms with E-state index in [1.165, 1.54) is 6.42 Å². The minimum atomic E-state index is -0.149. The molecular weight excluding hydrogens is 302 g/mol. The quantitative estimate of drug-likeness (QED) is 0.435. The number of rotatable bonds is 6. The molecular formula is C18H35N5O. The van der Waals surface area contributed by atoms with E-state index in [0.29, 0.717) is 5.41 Å². The van der Waals surface area contributed by atoms with Crippen LogP contribution in [-0.2, 0) is 4.79 Å². The van der Waals surface area contributed by atoms with Gasteiger partial charge in [-0.3, -0.25) is 9.79 Å². The van der Waals surface area contributed by atoms with Gasteiger partial charge in [-0.15, -0.1) is 0 Å². The Morgan fingerprint density at radius 2 is 2.17 bits per heavy atom. The number of hydrogen-bond acceptors (Lipinski definition) is 3. The summed E-state index contributed by atoms with van der Waals surface area (Å²) in [7, 11) is 0. The van der Waals surface area contributed by atoms with E-state index in [9.17, 15) is 4.79 Å². The molecule has 0 bridgehead atoms. The van der Waals surface area contributed by atoms with E-state index < -0.39 is 0 Å². The second-order valence-electron chi connectivity index (χ2n) is 7.97. The largest absolute Gasteiger partial charge is 0.369 e. The Morgan fingerprint density at radius 1 is 1.38 bits per heavy atom. The predicted octanol–water partition coefficient (Wildman–Crippen LogP) is 1.27. The van der Waals surface area contributed by atoms with Gasteiger partial charge >= 0.3 is 0 Å². The third kappa shape index (κ3) is 5.65. The smallest absolute Gasteiger partial charge is 0.221 e. The van der Waals surface area contributed by atoms with E-state index in [4.69, 9.17) is 10.7 Å². The van der Waals surface area contributed by atoms with Gasteiger partial charge in [-0.25, -0.2) is 0 Å². The molecule has 2 fully saturated rings. The molecule has 0 aromatic rings. The second kappa shape index (κ2) is 8.70. The SMILES string of the molecule is CCNC(=NCCCN1CCCC(C(N)=O)C1)N1CCC(C)(C)C1. The van der Waals surface area contributed by atoms with Gasteiger partial charge in [0.25, 0.3) is 0 Å². The number of carbonyl (C=O) groups excluding carboxylic acids is 1. The van der Waals surface area contributed by atoms with Gasteiger partial charge in [-0.05, 0) is 51.1 Å². The second-order valence-corrected chi connectivity index (χ2v) is 7.97. The Morgan fingerprint density at radius 3 is 2.79 bits per heavy atom. The fourth-order valence-electron chi connectivity index (χ4n) is 3.69. The van der Waals surface area contributed by atoms with E-state index >= 15 is 0 Å². The van der Waals surface area contributed by atoms with Gasteiger partial charge in [-0.1, -0.05) is 13.8 Å². The number of nitrogens with two attached hydrogens (primary N) is 1. The first-order chi connectivity index (χ1) is 11.4. The van der Waals surface area contributed by atoms with Crippen LogP contribution in [0.25, 0.3) is 0 Å². The van der Waals surface area contributed by atoms with E-state index in [0.717, 1.165) is 71.0 Å². The van der Waals surface area contributed by atoms with Crippen molar-refractivity contribution in [1.82, 2.24) is 15.1 Å². The number of guanidine groups is 1. The number of piperidine rings is 1. The van der Waals surface area contributed by atoms with Crippen LogP contribution in [0.1, 0.15) is 46.5 Å². The van der Waals surface area contributed by atoms with Crippen molar-refractivity contribution in [2.75, 3.05) is 45.8 Å². The van der Waals surface area contributed by atoms with Crippen molar-refractivity contribution in [3.63, 3.8) is 0 Å². The van der Waals surface area contributed by atoms with Crippen molar-refractivity contribution in [3.05, 3.63) is 0 Å². The molecule has 0 aliphatic carbocycles. The van der Waals surface area contributed by atoms with Gasteiger partial charge in [0, 0.05) is 32.7 Å². The average molecular weight is 338 g/mol. The molecule has 2 rings (SSSR count). The molecule has 24 heavy (non-hydrogen) atoms. The van der Waals surface area contributed by atoms with Crippen LogP contribution < -0.4 is 11.1 Å². The maximum atomic E-state index is 11.4. The number of nitrogens with one attached hydrogen (secondary N) is 1. The standard InChI is InChI=1S/C18H35N5O/c1-4-20-17(23-12-8-18(2,3)14-23)21-9-6-11-22-10-5-7-15(13-22)16(19)24/h15H,4-14H2,1-3H3,(H2,19,24)(H,20,21). The minimum Gasteiger partial charge on any atom is -0.369 e. The highest BCUT2D eigenvalue weighted by Crippen LogP contribution is 2.28. The number of primary amides is 1. The molecule has 2 saturated heterocycles. The molecule has 2 aliphatic heterocycles. The predicted molar refractivity (Wildman–Crippen MR) is 98.9 cm³/mol. The monoisotopic (exact) mass is 337 g/mol. The summed E-state index contributed by atoms with van der Waals surface area (Å²) in [5, 5.41) is 3.42. The van der Waals surface area contributed by atoms with Crippen LogP contribution in [0.15, 0.2) is 4.99 Å². The lowest BCUT2D eigenvalue weighted by Crippen LogP contribution is -2.42. The molecule has 1 amide bonds. The maximum absolute atomic E-state index is 11.4. The van der Waals surface area contributed by atoms with Crippen molar-refractivity contribution in [2.45, 2.75) is 46.5 Å². The molecule has 0 saturated carbocycles. The zero-order valence-corrected chi connectivity index (χ0v) is 15.7. The van der Waals surface area contributed by atoms with E-state index in [1.807, 2.05) is 0 Å². The summed E-state index contributed by atoms with van der Waals surface area (Å²) in [6.45, 7) is 13.6. The minimum absolute atomic E-state index is 0.0337. The van der Waals surface area contributed by atoms with Gasteiger partial charge in [0.1, 0.15) is 0 Å². The van der Waals surface area contributed by atoms with Crippen LogP contribution in [0.2, 0.25) is 0 Å².